The van der Waals surface area contributed by atoms with Crippen molar-refractivity contribution < 1.29 is 4.79 Å². The van der Waals surface area contributed by atoms with E-state index in [0.717, 1.165) is 44.9 Å². The Morgan fingerprint density at radius 1 is 1.16 bits per heavy atom. The molecule has 108 valence electrons. The van der Waals surface area contributed by atoms with Gasteiger partial charge in [-0.1, -0.05) is 25.3 Å². The van der Waals surface area contributed by atoms with Crippen LogP contribution in [-0.2, 0) is 4.79 Å². The maximum absolute atomic E-state index is 12.6. The van der Waals surface area contributed by atoms with E-state index in [1.54, 1.807) is 0 Å². The zero-order valence-electron chi connectivity index (χ0n) is 12.1. The van der Waals surface area contributed by atoms with Crippen molar-refractivity contribution in [3.63, 3.8) is 0 Å². The van der Waals surface area contributed by atoms with Crippen LogP contribution in [0.15, 0.2) is 12.7 Å². The summed E-state index contributed by atoms with van der Waals surface area (Å²) in [6.45, 7) is 7.47. The number of rotatable bonds is 5. The van der Waals surface area contributed by atoms with Crippen LogP contribution in [0.1, 0.15) is 44.9 Å². The number of hydrogen-bond acceptors (Lipinski definition) is 2. The van der Waals surface area contributed by atoms with Gasteiger partial charge in [0.25, 0.3) is 0 Å². The topological polar surface area (TPSA) is 32.3 Å². The predicted molar refractivity (Wildman–Crippen MR) is 78.9 cm³/mol. The standard InChI is InChI=1S/C16H28N2O/c1-2-12-18(13-14-6-4-3-5-7-14)16(19)15-8-10-17-11-9-15/h2,14-15,17H,1,3-13H2. The third-order valence-electron chi connectivity index (χ3n) is 4.55. The summed E-state index contributed by atoms with van der Waals surface area (Å²) in [6.07, 6.45) is 10.5. The molecule has 0 atom stereocenters. The normalized spacial score (nSPS) is 22.1. The van der Waals surface area contributed by atoms with Gasteiger partial charge in [-0.15, -0.1) is 6.58 Å². The van der Waals surface area contributed by atoms with Gasteiger partial charge in [-0.2, -0.15) is 0 Å². The van der Waals surface area contributed by atoms with Crippen LogP contribution in [0.25, 0.3) is 0 Å². The molecule has 1 aliphatic heterocycles. The first-order valence-electron chi connectivity index (χ1n) is 7.91. The summed E-state index contributed by atoms with van der Waals surface area (Å²) in [5, 5.41) is 3.33. The SMILES string of the molecule is C=CCN(CC1CCCCC1)C(=O)C1CCNCC1. The van der Waals surface area contributed by atoms with Crippen molar-refractivity contribution >= 4 is 5.91 Å². The largest absolute Gasteiger partial charge is 0.338 e. The number of amides is 1. The van der Waals surface area contributed by atoms with E-state index in [2.05, 4.69) is 16.8 Å². The highest BCUT2D eigenvalue weighted by Gasteiger charge is 2.27. The number of carbonyl (C=O) groups excluding carboxylic acids is 1. The molecule has 0 aromatic carbocycles. The van der Waals surface area contributed by atoms with E-state index in [1.165, 1.54) is 32.1 Å². The van der Waals surface area contributed by atoms with Crippen LogP contribution < -0.4 is 5.32 Å². The summed E-state index contributed by atoms with van der Waals surface area (Å²) >= 11 is 0. The second-order valence-electron chi connectivity index (χ2n) is 6.06. The Labute approximate surface area is 117 Å². The van der Waals surface area contributed by atoms with Crippen molar-refractivity contribution in [1.82, 2.24) is 10.2 Å². The van der Waals surface area contributed by atoms with Gasteiger partial charge in [0.2, 0.25) is 5.91 Å². The lowest BCUT2D eigenvalue weighted by Crippen LogP contribution is -2.43. The second-order valence-corrected chi connectivity index (χ2v) is 6.06. The van der Waals surface area contributed by atoms with Crippen molar-refractivity contribution in [2.24, 2.45) is 11.8 Å². The van der Waals surface area contributed by atoms with E-state index in [1.807, 2.05) is 6.08 Å². The average molecular weight is 264 g/mol. The van der Waals surface area contributed by atoms with E-state index in [4.69, 9.17) is 0 Å². The molecule has 0 bridgehead atoms. The zero-order valence-corrected chi connectivity index (χ0v) is 12.1. The Hall–Kier alpha value is -0.830. The van der Waals surface area contributed by atoms with Gasteiger partial charge in [-0.25, -0.2) is 0 Å². The van der Waals surface area contributed by atoms with Gasteiger partial charge in [0, 0.05) is 19.0 Å². The maximum atomic E-state index is 12.6. The highest BCUT2D eigenvalue weighted by atomic mass is 16.2. The van der Waals surface area contributed by atoms with E-state index in [9.17, 15) is 4.79 Å². The Bertz CT molecular complexity index is 291. The first-order valence-corrected chi connectivity index (χ1v) is 7.91. The molecule has 1 saturated heterocycles. The Morgan fingerprint density at radius 3 is 2.47 bits per heavy atom. The molecular weight excluding hydrogens is 236 g/mol. The number of hydrogen-bond donors (Lipinski definition) is 1. The number of carbonyl (C=O) groups is 1. The zero-order chi connectivity index (χ0) is 13.5. The Morgan fingerprint density at radius 2 is 1.84 bits per heavy atom. The molecule has 1 heterocycles. The average Bonchev–Trinajstić information content (AvgIpc) is 2.48. The number of piperidine rings is 1. The molecule has 0 aromatic heterocycles. The van der Waals surface area contributed by atoms with Gasteiger partial charge in [0.1, 0.15) is 0 Å². The van der Waals surface area contributed by atoms with Crippen LogP contribution in [0.2, 0.25) is 0 Å². The highest BCUT2D eigenvalue weighted by Crippen LogP contribution is 2.25. The summed E-state index contributed by atoms with van der Waals surface area (Å²) < 4.78 is 0. The van der Waals surface area contributed by atoms with Crippen molar-refractivity contribution in [3.05, 3.63) is 12.7 Å². The van der Waals surface area contributed by atoms with Crippen LogP contribution in [0, 0.1) is 11.8 Å². The minimum Gasteiger partial charge on any atom is -0.338 e. The molecule has 19 heavy (non-hydrogen) atoms. The molecule has 3 heteroatoms. The number of nitrogens with zero attached hydrogens (tertiary/aromatic N) is 1. The Kier molecular flexibility index (Phi) is 5.90. The molecule has 2 rings (SSSR count). The van der Waals surface area contributed by atoms with Crippen molar-refractivity contribution in [1.29, 1.82) is 0 Å². The molecule has 1 saturated carbocycles. The molecular formula is C16H28N2O. The number of nitrogens with one attached hydrogen (secondary N) is 1. The lowest BCUT2D eigenvalue weighted by molar-refractivity contribution is -0.136. The van der Waals surface area contributed by atoms with Gasteiger partial charge in [-0.3, -0.25) is 4.79 Å². The van der Waals surface area contributed by atoms with Crippen LogP contribution in [0.5, 0.6) is 0 Å². The summed E-state index contributed by atoms with van der Waals surface area (Å²) in [7, 11) is 0. The molecule has 2 aliphatic rings. The van der Waals surface area contributed by atoms with Crippen molar-refractivity contribution in [2.45, 2.75) is 44.9 Å². The predicted octanol–water partition coefficient (Wildman–Crippen LogP) is 2.58. The van der Waals surface area contributed by atoms with Crippen molar-refractivity contribution in [2.75, 3.05) is 26.2 Å². The van der Waals surface area contributed by atoms with Crippen LogP contribution >= 0.6 is 0 Å². The van der Waals surface area contributed by atoms with Gasteiger partial charge < -0.3 is 10.2 Å². The summed E-state index contributed by atoms with van der Waals surface area (Å²) in [5.41, 5.74) is 0. The van der Waals surface area contributed by atoms with Gasteiger partial charge >= 0.3 is 0 Å². The fraction of sp³-hybridized carbons (Fsp3) is 0.812. The van der Waals surface area contributed by atoms with E-state index in [-0.39, 0.29) is 5.92 Å². The van der Waals surface area contributed by atoms with Crippen molar-refractivity contribution in [3.8, 4) is 0 Å². The van der Waals surface area contributed by atoms with E-state index >= 15 is 0 Å². The maximum Gasteiger partial charge on any atom is 0.226 e. The van der Waals surface area contributed by atoms with Gasteiger partial charge in [-0.05, 0) is 44.7 Å². The first kappa shape index (κ1) is 14.6. The second kappa shape index (κ2) is 7.68. The van der Waals surface area contributed by atoms with Gasteiger partial charge in [0.15, 0.2) is 0 Å². The summed E-state index contributed by atoms with van der Waals surface area (Å²) in [5.74, 6) is 1.33. The van der Waals surface area contributed by atoms with Crippen LogP contribution in [0.3, 0.4) is 0 Å². The van der Waals surface area contributed by atoms with Crippen LogP contribution in [0.4, 0.5) is 0 Å². The molecule has 1 amide bonds. The quantitative estimate of drug-likeness (QED) is 0.774. The smallest absolute Gasteiger partial charge is 0.226 e. The van der Waals surface area contributed by atoms with Gasteiger partial charge in [0.05, 0.1) is 0 Å². The molecule has 0 spiro atoms. The highest BCUT2D eigenvalue weighted by molar-refractivity contribution is 5.79. The molecule has 1 N–H and O–H groups in total. The monoisotopic (exact) mass is 264 g/mol. The van der Waals surface area contributed by atoms with Crippen LogP contribution in [-0.4, -0.2) is 37.0 Å². The minimum atomic E-state index is 0.241. The molecule has 0 aromatic rings. The summed E-state index contributed by atoms with van der Waals surface area (Å²) in [4.78, 5) is 14.7. The van der Waals surface area contributed by atoms with E-state index < -0.39 is 0 Å². The molecule has 0 radical (unpaired) electrons. The lowest BCUT2D eigenvalue weighted by Gasteiger charge is -2.33. The fourth-order valence-electron chi connectivity index (χ4n) is 3.42. The third-order valence-corrected chi connectivity index (χ3v) is 4.55. The first-order chi connectivity index (χ1) is 9.31. The van der Waals surface area contributed by atoms with E-state index in [0.29, 0.717) is 5.91 Å². The molecule has 2 fully saturated rings. The minimum absolute atomic E-state index is 0.241. The molecule has 3 nitrogen and oxygen atoms in total. The third kappa shape index (κ3) is 4.34. The summed E-state index contributed by atoms with van der Waals surface area (Å²) in [6, 6.07) is 0. The Balaban J connectivity index is 1.89. The molecule has 0 unspecified atom stereocenters. The fourth-order valence-corrected chi connectivity index (χ4v) is 3.42. The molecule has 1 aliphatic carbocycles. The lowest BCUT2D eigenvalue weighted by atomic mass is 9.88.